The van der Waals surface area contributed by atoms with Gasteiger partial charge in [0.05, 0.1) is 0 Å². The Morgan fingerprint density at radius 1 is 1.29 bits per heavy atom. The van der Waals surface area contributed by atoms with Gasteiger partial charge in [-0.25, -0.2) is 0 Å². The van der Waals surface area contributed by atoms with Gasteiger partial charge in [0.15, 0.2) is 0 Å². The second-order valence-corrected chi connectivity index (χ2v) is 5.26. The monoisotopic (exact) mass is 282 g/mol. The predicted molar refractivity (Wildman–Crippen MR) is 67.8 cm³/mol. The number of rotatable bonds is 5. The van der Waals surface area contributed by atoms with Crippen LogP contribution in [0, 0.1) is 6.92 Å². The average Bonchev–Trinajstić information content (AvgIpc) is 2.24. The SMILES string of the molecule is Cc1ccccc1C(CCl)CCSC(F)(F)F. The Hall–Kier alpha value is -0.350. The van der Waals surface area contributed by atoms with E-state index in [-0.39, 0.29) is 23.4 Å². The van der Waals surface area contributed by atoms with Crippen LogP contribution in [0.3, 0.4) is 0 Å². The minimum atomic E-state index is -4.15. The first-order chi connectivity index (χ1) is 7.94. The Labute approximate surface area is 109 Å². The average molecular weight is 283 g/mol. The maximum Gasteiger partial charge on any atom is 0.441 e. The van der Waals surface area contributed by atoms with Crippen LogP contribution in [0.4, 0.5) is 13.2 Å². The van der Waals surface area contributed by atoms with Crippen molar-refractivity contribution < 1.29 is 13.2 Å². The lowest BCUT2D eigenvalue weighted by atomic mass is 9.94. The summed E-state index contributed by atoms with van der Waals surface area (Å²) in [6.45, 7) is 1.95. The van der Waals surface area contributed by atoms with E-state index in [2.05, 4.69) is 0 Å². The lowest BCUT2D eigenvalue weighted by molar-refractivity contribution is -0.0328. The molecule has 0 radical (unpaired) electrons. The highest BCUT2D eigenvalue weighted by Crippen LogP contribution is 2.33. The molecule has 1 aromatic carbocycles. The molecule has 0 heterocycles. The fourth-order valence-electron chi connectivity index (χ4n) is 1.68. The van der Waals surface area contributed by atoms with E-state index < -0.39 is 5.51 Å². The van der Waals surface area contributed by atoms with Gasteiger partial charge in [-0.1, -0.05) is 36.0 Å². The minimum Gasteiger partial charge on any atom is -0.160 e. The molecule has 96 valence electrons. The highest BCUT2D eigenvalue weighted by atomic mass is 35.5. The van der Waals surface area contributed by atoms with Crippen LogP contribution in [0.5, 0.6) is 0 Å². The molecule has 0 saturated heterocycles. The maximum atomic E-state index is 12.0. The second-order valence-electron chi connectivity index (χ2n) is 3.79. The van der Waals surface area contributed by atoms with Crippen molar-refractivity contribution in [2.45, 2.75) is 24.8 Å². The molecule has 0 aliphatic carbocycles. The zero-order chi connectivity index (χ0) is 12.9. The van der Waals surface area contributed by atoms with Crippen LogP contribution in [0.25, 0.3) is 0 Å². The molecule has 1 atom stereocenters. The van der Waals surface area contributed by atoms with Gasteiger partial charge in [-0.3, -0.25) is 0 Å². The van der Waals surface area contributed by atoms with E-state index in [0.717, 1.165) is 11.1 Å². The third-order valence-electron chi connectivity index (χ3n) is 2.55. The molecule has 0 amide bonds. The third-order valence-corrected chi connectivity index (χ3v) is 3.69. The minimum absolute atomic E-state index is 0.00674. The number of aryl methyl sites for hydroxylation is 1. The Bertz CT molecular complexity index is 352. The summed E-state index contributed by atoms with van der Waals surface area (Å²) < 4.78 is 36.1. The van der Waals surface area contributed by atoms with E-state index in [4.69, 9.17) is 11.6 Å². The zero-order valence-corrected chi connectivity index (χ0v) is 11.0. The molecule has 5 heteroatoms. The van der Waals surface area contributed by atoms with Gasteiger partial charge in [-0.2, -0.15) is 13.2 Å². The number of thioether (sulfide) groups is 1. The normalized spacial score (nSPS) is 13.7. The summed E-state index contributed by atoms with van der Waals surface area (Å²) in [6.07, 6.45) is 0.443. The van der Waals surface area contributed by atoms with Crippen molar-refractivity contribution in [3.8, 4) is 0 Å². The van der Waals surface area contributed by atoms with E-state index >= 15 is 0 Å². The van der Waals surface area contributed by atoms with Crippen LogP contribution in [-0.2, 0) is 0 Å². The predicted octanol–water partition coefficient (Wildman–Crippen LogP) is 4.96. The van der Waals surface area contributed by atoms with E-state index in [1.54, 1.807) is 0 Å². The molecule has 0 aliphatic heterocycles. The van der Waals surface area contributed by atoms with Gasteiger partial charge >= 0.3 is 5.51 Å². The highest BCUT2D eigenvalue weighted by molar-refractivity contribution is 8.00. The highest BCUT2D eigenvalue weighted by Gasteiger charge is 2.28. The molecule has 0 bridgehead atoms. The van der Waals surface area contributed by atoms with Gasteiger partial charge in [-0.05, 0) is 30.4 Å². The molecule has 0 nitrogen and oxygen atoms in total. The number of halogens is 4. The number of alkyl halides is 4. The number of benzene rings is 1. The lowest BCUT2D eigenvalue weighted by Gasteiger charge is -2.16. The summed E-state index contributed by atoms with van der Waals surface area (Å²) in [5.41, 5.74) is -2.02. The zero-order valence-electron chi connectivity index (χ0n) is 9.43. The Morgan fingerprint density at radius 3 is 2.47 bits per heavy atom. The largest absolute Gasteiger partial charge is 0.441 e. The second kappa shape index (κ2) is 6.55. The van der Waals surface area contributed by atoms with Crippen molar-refractivity contribution in [2.75, 3.05) is 11.6 Å². The van der Waals surface area contributed by atoms with Gasteiger partial charge < -0.3 is 0 Å². The third kappa shape index (κ3) is 5.21. The summed E-state index contributed by atoms with van der Waals surface area (Å²) in [6, 6.07) is 7.68. The van der Waals surface area contributed by atoms with Crippen LogP contribution in [-0.4, -0.2) is 17.1 Å². The van der Waals surface area contributed by atoms with E-state index in [9.17, 15) is 13.2 Å². The van der Waals surface area contributed by atoms with E-state index in [1.165, 1.54) is 0 Å². The lowest BCUT2D eigenvalue weighted by Crippen LogP contribution is -2.07. The topological polar surface area (TPSA) is 0 Å². The first kappa shape index (κ1) is 14.7. The van der Waals surface area contributed by atoms with Crippen molar-refractivity contribution in [1.29, 1.82) is 0 Å². The first-order valence-corrected chi connectivity index (χ1v) is 6.78. The summed E-state index contributed by atoms with van der Waals surface area (Å²) in [4.78, 5) is 0. The molecule has 0 aliphatic rings. The Morgan fingerprint density at radius 2 is 1.94 bits per heavy atom. The molecule has 1 rings (SSSR count). The summed E-state index contributed by atoms with van der Waals surface area (Å²) in [5, 5.41) is 0. The quantitative estimate of drug-likeness (QED) is 0.688. The van der Waals surface area contributed by atoms with Gasteiger partial charge in [0.25, 0.3) is 0 Å². The molecule has 17 heavy (non-hydrogen) atoms. The van der Waals surface area contributed by atoms with Crippen molar-refractivity contribution in [2.24, 2.45) is 0 Å². The van der Waals surface area contributed by atoms with Crippen LogP contribution in [0.2, 0.25) is 0 Å². The van der Waals surface area contributed by atoms with Gasteiger partial charge in [0, 0.05) is 11.6 Å². The molecule has 0 spiro atoms. The van der Waals surface area contributed by atoms with E-state index in [0.29, 0.717) is 12.3 Å². The summed E-state index contributed by atoms with van der Waals surface area (Å²) in [7, 11) is 0. The Kier molecular flexibility index (Phi) is 5.67. The molecular weight excluding hydrogens is 269 g/mol. The number of hydrogen-bond donors (Lipinski definition) is 0. The molecule has 0 fully saturated rings. The fourth-order valence-corrected chi connectivity index (χ4v) is 2.63. The van der Waals surface area contributed by atoms with Crippen LogP contribution < -0.4 is 0 Å². The van der Waals surface area contributed by atoms with Crippen molar-refractivity contribution in [3.63, 3.8) is 0 Å². The molecule has 0 aromatic heterocycles. The number of hydrogen-bond acceptors (Lipinski definition) is 1. The van der Waals surface area contributed by atoms with Crippen molar-refractivity contribution >= 4 is 23.4 Å². The van der Waals surface area contributed by atoms with Crippen LogP contribution in [0.1, 0.15) is 23.5 Å². The van der Waals surface area contributed by atoms with Gasteiger partial charge in [0.1, 0.15) is 0 Å². The smallest absolute Gasteiger partial charge is 0.160 e. The van der Waals surface area contributed by atoms with E-state index in [1.807, 2.05) is 31.2 Å². The molecule has 0 saturated carbocycles. The Balaban J connectivity index is 2.58. The van der Waals surface area contributed by atoms with Crippen LogP contribution in [0.15, 0.2) is 24.3 Å². The molecule has 1 aromatic rings. The summed E-state index contributed by atoms with van der Waals surface area (Å²) in [5.74, 6) is 0.395. The standard InChI is InChI=1S/C12H14ClF3S/c1-9-4-2-3-5-11(9)10(8-13)6-7-17-12(14,15)16/h2-5,10H,6-8H2,1H3. The van der Waals surface area contributed by atoms with Crippen molar-refractivity contribution in [3.05, 3.63) is 35.4 Å². The van der Waals surface area contributed by atoms with Crippen LogP contribution >= 0.6 is 23.4 Å². The maximum absolute atomic E-state index is 12.0. The van der Waals surface area contributed by atoms with Gasteiger partial charge in [-0.15, -0.1) is 11.6 Å². The molecule has 1 unspecified atom stereocenters. The fraction of sp³-hybridized carbons (Fsp3) is 0.500. The van der Waals surface area contributed by atoms with Gasteiger partial charge in [0.2, 0.25) is 0 Å². The van der Waals surface area contributed by atoms with Crippen molar-refractivity contribution in [1.82, 2.24) is 0 Å². The first-order valence-electron chi connectivity index (χ1n) is 5.26. The molecule has 0 N–H and O–H groups in total. The summed E-state index contributed by atoms with van der Waals surface area (Å²) >= 11 is 5.85. The molecular formula is C12H14ClF3S.